The van der Waals surface area contributed by atoms with E-state index in [4.69, 9.17) is 0 Å². The van der Waals surface area contributed by atoms with Crippen LogP contribution in [0.15, 0.2) is 85.2 Å². The van der Waals surface area contributed by atoms with Gasteiger partial charge in [0.2, 0.25) is 0 Å². The van der Waals surface area contributed by atoms with Gasteiger partial charge in [-0.15, -0.1) is 0 Å². The van der Waals surface area contributed by atoms with Crippen LogP contribution in [0.3, 0.4) is 0 Å². The van der Waals surface area contributed by atoms with Crippen molar-refractivity contribution in [3.05, 3.63) is 113 Å². The number of carbonyl (C=O) groups excluding carboxylic acids is 2. The Morgan fingerprint density at radius 2 is 1.61 bits per heavy atom. The Morgan fingerprint density at radius 3 is 2.45 bits per heavy atom. The summed E-state index contributed by atoms with van der Waals surface area (Å²) in [5, 5.41) is 2.95. The van der Waals surface area contributed by atoms with Gasteiger partial charge in [-0.3, -0.25) is 9.59 Å². The molecule has 152 valence electrons. The third-order valence-corrected chi connectivity index (χ3v) is 5.62. The SMILES string of the molecule is O=C(NCCc1nccn1Cc1ccccc1)c1ccc2c(c1)C(=O)c1ccccc1-2. The standard InChI is InChI=1S/C26H21N3O2/c30-25-22-9-5-4-8-20(22)21-11-10-19(16-23(21)25)26(31)28-13-12-24-27-14-15-29(24)17-18-6-2-1-3-7-18/h1-11,14-16H,12-13,17H2,(H,28,31). The number of nitrogens with one attached hydrogen (secondary N) is 1. The Balaban J connectivity index is 1.24. The number of benzene rings is 3. The molecule has 0 fully saturated rings. The van der Waals surface area contributed by atoms with Gasteiger partial charge in [-0.1, -0.05) is 60.7 Å². The Kier molecular flexibility index (Phi) is 4.92. The Hall–Kier alpha value is -3.99. The number of hydrogen-bond acceptors (Lipinski definition) is 3. The van der Waals surface area contributed by atoms with E-state index in [-0.39, 0.29) is 11.7 Å². The van der Waals surface area contributed by atoms with Crippen LogP contribution in [0.5, 0.6) is 0 Å². The molecule has 1 N–H and O–H groups in total. The summed E-state index contributed by atoms with van der Waals surface area (Å²) in [6.45, 7) is 1.22. The molecule has 0 bridgehead atoms. The Labute approximate surface area is 180 Å². The van der Waals surface area contributed by atoms with Crippen molar-refractivity contribution in [2.75, 3.05) is 6.54 Å². The van der Waals surface area contributed by atoms with E-state index in [9.17, 15) is 9.59 Å². The van der Waals surface area contributed by atoms with Crippen molar-refractivity contribution < 1.29 is 9.59 Å². The molecule has 0 aliphatic heterocycles. The normalized spacial score (nSPS) is 11.8. The zero-order valence-electron chi connectivity index (χ0n) is 16.9. The fourth-order valence-corrected chi connectivity index (χ4v) is 4.05. The van der Waals surface area contributed by atoms with Crippen molar-refractivity contribution >= 4 is 11.7 Å². The minimum atomic E-state index is -0.187. The van der Waals surface area contributed by atoms with Gasteiger partial charge >= 0.3 is 0 Å². The Bertz CT molecular complexity index is 1270. The summed E-state index contributed by atoms with van der Waals surface area (Å²) in [6.07, 6.45) is 4.36. The monoisotopic (exact) mass is 407 g/mol. The minimum absolute atomic E-state index is 0.0248. The molecule has 31 heavy (non-hydrogen) atoms. The second-order valence-corrected chi connectivity index (χ2v) is 7.60. The van der Waals surface area contributed by atoms with Crippen molar-refractivity contribution in [1.82, 2.24) is 14.9 Å². The molecular weight excluding hydrogens is 386 g/mol. The van der Waals surface area contributed by atoms with Gasteiger partial charge in [0, 0.05) is 48.6 Å². The van der Waals surface area contributed by atoms with Crippen LogP contribution in [0.2, 0.25) is 0 Å². The van der Waals surface area contributed by atoms with Gasteiger partial charge in [-0.25, -0.2) is 4.98 Å². The molecule has 1 heterocycles. The summed E-state index contributed by atoms with van der Waals surface area (Å²) in [6, 6.07) is 23.1. The average Bonchev–Trinajstić information content (AvgIpc) is 3.36. The van der Waals surface area contributed by atoms with E-state index in [1.165, 1.54) is 5.56 Å². The second-order valence-electron chi connectivity index (χ2n) is 7.60. The molecule has 4 aromatic rings. The molecule has 5 heteroatoms. The molecule has 5 nitrogen and oxygen atoms in total. The van der Waals surface area contributed by atoms with Crippen LogP contribution in [0, 0.1) is 0 Å². The van der Waals surface area contributed by atoms with E-state index in [1.807, 2.05) is 54.7 Å². The van der Waals surface area contributed by atoms with Crippen molar-refractivity contribution in [1.29, 1.82) is 0 Å². The predicted molar refractivity (Wildman–Crippen MR) is 119 cm³/mol. The second kappa shape index (κ2) is 8.03. The molecule has 5 rings (SSSR count). The van der Waals surface area contributed by atoms with Crippen LogP contribution in [-0.2, 0) is 13.0 Å². The molecule has 0 radical (unpaired) electrons. The number of hydrogen-bond donors (Lipinski definition) is 1. The van der Waals surface area contributed by atoms with Gasteiger partial charge in [0.05, 0.1) is 0 Å². The molecule has 0 unspecified atom stereocenters. The first-order valence-electron chi connectivity index (χ1n) is 10.3. The van der Waals surface area contributed by atoms with Gasteiger partial charge < -0.3 is 9.88 Å². The lowest BCUT2D eigenvalue weighted by Gasteiger charge is -2.09. The smallest absolute Gasteiger partial charge is 0.251 e. The highest BCUT2D eigenvalue weighted by Crippen LogP contribution is 2.36. The summed E-state index contributed by atoms with van der Waals surface area (Å²) >= 11 is 0. The van der Waals surface area contributed by atoms with E-state index in [0.29, 0.717) is 29.7 Å². The molecule has 0 saturated heterocycles. The third-order valence-electron chi connectivity index (χ3n) is 5.62. The summed E-state index contributed by atoms with van der Waals surface area (Å²) in [5.41, 5.74) is 4.80. The lowest BCUT2D eigenvalue weighted by Crippen LogP contribution is -2.26. The molecule has 1 aromatic heterocycles. The van der Waals surface area contributed by atoms with Crippen LogP contribution in [0.25, 0.3) is 11.1 Å². The number of aromatic nitrogens is 2. The number of fused-ring (bicyclic) bond motifs is 3. The number of nitrogens with zero attached hydrogens (tertiary/aromatic N) is 2. The molecular formula is C26H21N3O2. The van der Waals surface area contributed by atoms with E-state index >= 15 is 0 Å². The van der Waals surface area contributed by atoms with Crippen LogP contribution in [0.1, 0.15) is 37.7 Å². The summed E-state index contributed by atoms with van der Waals surface area (Å²) in [4.78, 5) is 29.8. The first-order valence-corrected chi connectivity index (χ1v) is 10.3. The van der Waals surface area contributed by atoms with E-state index < -0.39 is 0 Å². The molecule has 1 amide bonds. The fraction of sp³-hybridized carbons (Fsp3) is 0.115. The topological polar surface area (TPSA) is 64.0 Å². The van der Waals surface area contributed by atoms with Crippen molar-refractivity contribution in [3.63, 3.8) is 0 Å². The molecule has 0 spiro atoms. The summed E-state index contributed by atoms with van der Waals surface area (Å²) in [7, 11) is 0. The van der Waals surface area contributed by atoms with Crippen molar-refractivity contribution in [3.8, 4) is 11.1 Å². The minimum Gasteiger partial charge on any atom is -0.352 e. The summed E-state index contributed by atoms with van der Waals surface area (Å²) in [5.74, 6) is 0.708. The van der Waals surface area contributed by atoms with Crippen LogP contribution in [0.4, 0.5) is 0 Å². The number of rotatable bonds is 6. The lowest BCUT2D eigenvalue weighted by molar-refractivity contribution is 0.0954. The maximum absolute atomic E-state index is 12.7. The number of amides is 1. The fourth-order valence-electron chi connectivity index (χ4n) is 4.05. The molecule has 1 aliphatic rings. The van der Waals surface area contributed by atoms with Gasteiger partial charge in [-0.2, -0.15) is 0 Å². The number of ketones is 1. The predicted octanol–water partition coefficient (Wildman–Crippen LogP) is 4.12. The van der Waals surface area contributed by atoms with Gasteiger partial charge in [0.1, 0.15) is 5.82 Å². The average molecular weight is 407 g/mol. The highest BCUT2D eigenvalue weighted by atomic mass is 16.1. The van der Waals surface area contributed by atoms with Gasteiger partial charge in [0.25, 0.3) is 5.91 Å². The van der Waals surface area contributed by atoms with E-state index in [0.717, 1.165) is 23.5 Å². The highest BCUT2D eigenvalue weighted by Gasteiger charge is 2.26. The van der Waals surface area contributed by atoms with Crippen LogP contribution >= 0.6 is 0 Å². The van der Waals surface area contributed by atoms with Gasteiger partial charge in [-0.05, 0) is 28.8 Å². The van der Waals surface area contributed by atoms with E-state index in [2.05, 4.69) is 27.0 Å². The third kappa shape index (κ3) is 3.66. The van der Waals surface area contributed by atoms with Crippen molar-refractivity contribution in [2.45, 2.75) is 13.0 Å². The van der Waals surface area contributed by atoms with Gasteiger partial charge in [0.15, 0.2) is 5.78 Å². The number of imidazole rings is 1. The molecule has 1 aliphatic carbocycles. The van der Waals surface area contributed by atoms with Crippen LogP contribution < -0.4 is 5.32 Å². The molecule has 0 saturated carbocycles. The zero-order valence-corrected chi connectivity index (χ0v) is 16.9. The maximum Gasteiger partial charge on any atom is 0.251 e. The maximum atomic E-state index is 12.7. The van der Waals surface area contributed by atoms with Crippen LogP contribution in [-0.4, -0.2) is 27.8 Å². The first-order chi connectivity index (χ1) is 15.2. The quantitative estimate of drug-likeness (QED) is 0.461. The largest absolute Gasteiger partial charge is 0.352 e. The van der Waals surface area contributed by atoms with E-state index in [1.54, 1.807) is 18.3 Å². The highest BCUT2D eigenvalue weighted by molar-refractivity contribution is 6.22. The Morgan fingerprint density at radius 1 is 0.871 bits per heavy atom. The molecule has 3 aromatic carbocycles. The summed E-state index contributed by atoms with van der Waals surface area (Å²) < 4.78 is 2.09. The zero-order chi connectivity index (χ0) is 21.2. The lowest BCUT2D eigenvalue weighted by atomic mass is 10.0. The first kappa shape index (κ1) is 19.0. The number of carbonyl (C=O) groups is 2. The van der Waals surface area contributed by atoms with Crippen molar-refractivity contribution in [2.24, 2.45) is 0 Å². The molecule has 0 atom stereocenters.